The van der Waals surface area contributed by atoms with Gasteiger partial charge in [-0.15, -0.1) is 0 Å². The minimum absolute atomic E-state index is 0.00804. The summed E-state index contributed by atoms with van der Waals surface area (Å²) in [5.41, 5.74) is 3.64. The minimum atomic E-state index is 0.00804. The van der Waals surface area contributed by atoms with Gasteiger partial charge in [0, 0.05) is 11.1 Å². The molecule has 2 heteroatoms. The second-order valence-electron chi connectivity index (χ2n) is 8.33. The van der Waals surface area contributed by atoms with Crippen molar-refractivity contribution in [2.45, 2.75) is 59.0 Å². The van der Waals surface area contributed by atoms with Crippen molar-refractivity contribution in [2.24, 2.45) is 0 Å². The molecule has 0 bridgehead atoms. The molecular weight excluding hydrogens is 296 g/mol. The summed E-state index contributed by atoms with van der Waals surface area (Å²) < 4.78 is 11.8. The second-order valence-corrected chi connectivity index (χ2v) is 8.33. The molecule has 0 unspecified atom stereocenters. The van der Waals surface area contributed by atoms with Gasteiger partial charge >= 0.3 is 0 Å². The molecule has 2 nitrogen and oxygen atoms in total. The van der Waals surface area contributed by atoms with E-state index >= 15 is 0 Å². The summed E-state index contributed by atoms with van der Waals surface area (Å²) >= 11 is 0. The van der Waals surface area contributed by atoms with E-state index in [0.29, 0.717) is 6.61 Å². The maximum atomic E-state index is 5.96. The standard InChI is InChI=1S/C22H30O2/c1-21(2,3)18-13-16(15-24-17-11-9-8-10-12-17)14-19(20(18)23-7)22(4,5)6/h8-14H,15H2,1-7H3. The lowest BCUT2D eigenvalue weighted by Crippen LogP contribution is -2.20. The van der Waals surface area contributed by atoms with E-state index in [1.807, 2.05) is 30.3 Å². The highest BCUT2D eigenvalue weighted by molar-refractivity contribution is 5.50. The fraction of sp³-hybridized carbons (Fsp3) is 0.455. The Hall–Kier alpha value is -1.96. The van der Waals surface area contributed by atoms with Crippen molar-refractivity contribution < 1.29 is 9.47 Å². The van der Waals surface area contributed by atoms with Crippen LogP contribution in [0.15, 0.2) is 42.5 Å². The molecule has 2 aromatic carbocycles. The van der Waals surface area contributed by atoms with Gasteiger partial charge in [-0.05, 0) is 40.7 Å². The van der Waals surface area contributed by atoms with Crippen LogP contribution in [0, 0.1) is 0 Å². The minimum Gasteiger partial charge on any atom is -0.496 e. The molecule has 0 spiro atoms. The number of hydrogen-bond acceptors (Lipinski definition) is 2. The van der Waals surface area contributed by atoms with Crippen LogP contribution in [-0.2, 0) is 17.4 Å². The molecule has 0 aliphatic rings. The fourth-order valence-corrected chi connectivity index (χ4v) is 2.79. The molecule has 0 radical (unpaired) electrons. The van der Waals surface area contributed by atoms with Crippen LogP contribution in [0.4, 0.5) is 0 Å². The highest BCUT2D eigenvalue weighted by atomic mass is 16.5. The van der Waals surface area contributed by atoms with Gasteiger partial charge in [-0.2, -0.15) is 0 Å². The quantitative estimate of drug-likeness (QED) is 0.699. The number of ether oxygens (including phenoxy) is 2. The molecule has 130 valence electrons. The van der Waals surface area contributed by atoms with Crippen molar-refractivity contribution >= 4 is 0 Å². The summed E-state index contributed by atoms with van der Waals surface area (Å²) in [6.45, 7) is 13.9. The lowest BCUT2D eigenvalue weighted by molar-refractivity contribution is 0.304. The lowest BCUT2D eigenvalue weighted by atomic mass is 9.78. The number of methoxy groups -OCH3 is 1. The summed E-state index contributed by atoms with van der Waals surface area (Å²) in [4.78, 5) is 0. The fourth-order valence-electron chi connectivity index (χ4n) is 2.79. The maximum Gasteiger partial charge on any atom is 0.126 e. The zero-order valence-corrected chi connectivity index (χ0v) is 16.1. The van der Waals surface area contributed by atoms with E-state index in [9.17, 15) is 0 Å². The van der Waals surface area contributed by atoms with Crippen LogP contribution in [0.2, 0.25) is 0 Å². The molecule has 0 aromatic heterocycles. The molecule has 0 saturated heterocycles. The molecule has 0 aliphatic heterocycles. The first-order valence-electron chi connectivity index (χ1n) is 8.52. The van der Waals surface area contributed by atoms with Gasteiger partial charge in [-0.3, -0.25) is 0 Å². The Bertz CT molecular complexity index is 638. The average molecular weight is 326 g/mol. The summed E-state index contributed by atoms with van der Waals surface area (Å²) in [5, 5.41) is 0. The van der Waals surface area contributed by atoms with Crippen molar-refractivity contribution in [3.63, 3.8) is 0 Å². The van der Waals surface area contributed by atoms with Crippen molar-refractivity contribution in [1.29, 1.82) is 0 Å². The third kappa shape index (κ3) is 4.31. The number of benzene rings is 2. The summed E-state index contributed by atoms with van der Waals surface area (Å²) in [6.07, 6.45) is 0. The van der Waals surface area contributed by atoms with Crippen LogP contribution in [0.3, 0.4) is 0 Å². The zero-order chi connectivity index (χ0) is 18.0. The largest absolute Gasteiger partial charge is 0.496 e. The average Bonchev–Trinajstić information content (AvgIpc) is 2.51. The second kappa shape index (κ2) is 6.88. The predicted octanol–water partition coefficient (Wildman–Crippen LogP) is 5.87. The molecule has 2 aromatic rings. The van der Waals surface area contributed by atoms with Crippen LogP contribution in [-0.4, -0.2) is 7.11 Å². The van der Waals surface area contributed by atoms with Crippen LogP contribution in [0.25, 0.3) is 0 Å². The van der Waals surface area contributed by atoms with Crippen molar-refractivity contribution in [3.05, 3.63) is 59.2 Å². The molecule has 24 heavy (non-hydrogen) atoms. The predicted molar refractivity (Wildman–Crippen MR) is 101 cm³/mol. The van der Waals surface area contributed by atoms with Crippen molar-refractivity contribution in [1.82, 2.24) is 0 Å². The summed E-state index contributed by atoms with van der Waals surface area (Å²) in [6, 6.07) is 14.4. The maximum absolute atomic E-state index is 5.96. The number of hydrogen-bond donors (Lipinski definition) is 0. The van der Waals surface area contributed by atoms with Gasteiger partial charge in [0.2, 0.25) is 0 Å². The SMILES string of the molecule is COc1c(C(C)(C)C)cc(COc2ccccc2)cc1C(C)(C)C. The molecule has 0 fully saturated rings. The first-order chi connectivity index (χ1) is 11.1. The lowest BCUT2D eigenvalue weighted by Gasteiger charge is -2.30. The van der Waals surface area contributed by atoms with Crippen LogP contribution in [0.5, 0.6) is 11.5 Å². The van der Waals surface area contributed by atoms with E-state index in [0.717, 1.165) is 11.5 Å². The van der Waals surface area contributed by atoms with Gasteiger partial charge in [0.05, 0.1) is 7.11 Å². The van der Waals surface area contributed by atoms with Crippen LogP contribution in [0.1, 0.15) is 58.2 Å². The van der Waals surface area contributed by atoms with E-state index in [1.54, 1.807) is 7.11 Å². The van der Waals surface area contributed by atoms with Gasteiger partial charge in [0.15, 0.2) is 0 Å². The van der Waals surface area contributed by atoms with Gasteiger partial charge < -0.3 is 9.47 Å². The molecule has 0 amide bonds. The third-order valence-electron chi connectivity index (χ3n) is 4.12. The van der Waals surface area contributed by atoms with Gasteiger partial charge in [-0.1, -0.05) is 59.7 Å². The Morgan fingerprint density at radius 1 is 0.792 bits per heavy atom. The van der Waals surface area contributed by atoms with E-state index in [-0.39, 0.29) is 10.8 Å². The van der Waals surface area contributed by atoms with Gasteiger partial charge in [0.1, 0.15) is 18.1 Å². The van der Waals surface area contributed by atoms with Crippen molar-refractivity contribution in [2.75, 3.05) is 7.11 Å². The molecule has 0 N–H and O–H groups in total. The molecule has 2 rings (SSSR count). The van der Waals surface area contributed by atoms with E-state index in [1.165, 1.54) is 16.7 Å². The number of rotatable bonds is 4. The molecular formula is C22H30O2. The topological polar surface area (TPSA) is 18.5 Å². The third-order valence-corrected chi connectivity index (χ3v) is 4.12. The zero-order valence-electron chi connectivity index (χ0n) is 16.1. The summed E-state index contributed by atoms with van der Waals surface area (Å²) in [5.74, 6) is 1.89. The van der Waals surface area contributed by atoms with E-state index in [2.05, 4.69) is 53.7 Å². The van der Waals surface area contributed by atoms with Gasteiger partial charge in [0.25, 0.3) is 0 Å². The van der Waals surface area contributed by atoms with E-state index < -0.39 is 0 Å². The smallest absolute Gasteiger partial charge is 0.126 e. The highest BCUT2D eigenvalue weighted by Gasteiger charge is 2.27. The van der Waals surface area contributed by atoms with Gasteiger partial charge in [-0.25, -0.2) is 0 Å². The molecule has 0 atom stereocenters. The molecule has 0 aliphatic carbocycles. The first-order valence-corrected chi connectivity index (χ1v) is 8.52. The van der Waals surface area contributed by atoms with Crippen LogP contribution >= 0.6 is 0 Å². The Labute approximate surface area is 146 Å². The van der Waals surface area contributed by atoms with Crippen LogP contribution < -0.4 is 9.47 Å². The normalized spacial score (nSPS) is 12.1. The Balaban J connectivity index is 2.45. The first kappa shape index (κ1) is 18.4. The van der Waals surface area contributed by atoms with E-state index in [4.69, 9.17) is 9.47 Å². The Morgan fingerprint density at radius 3 is 1.71 bits per heavy atom. The van der Waals surface area contributed by atoms with Crippen molar-refractivity contribution in [3.8, 4) is 11.5 Å². The Morgan fingerprint density at radius 2 is 1.29 bits per heavy atom. The monoisotopic (exact) mass is 326 g/mol. The highest BCUT2D eigenvalue weighted by Crippen LogP contribution is 2.40. The molecule has 0 heterocycles. The Kier molecular flexibility index (Phi) is 5.27. The summed E-state index contributed by atoms with van der Waals surface area (Å²) in [7, 11) is 1.76. The number of para-hydroxylation sites is 1. The molecule has 0 saturated carbocycles.